The van der Waals surface area contributed by atoms with E-state index in [4.69, 9.17) is 14.7 Å². The van der Waals surface area contributed by atoms with Crippen LogP contribution in [0.15, 0.2) is 53.5 Å². The van der Waals surface area contributed by atoms with Crippen molar-refractivity contribution in [3.05, 3.63) is 75.2 Å². The summed E-state index contributed by atoms with van der Waals surface area (Å²) in [5.74, 6) is 1.97. The first kappa shape index (κ1) is 24.0. The maximum absolute atomic E-state index is 5.32. The zero-order valence-electron chi connectivity index (χ0n) is 21.5. The van der Waals surface area contributed by atoms with Gasteiger partial charge in [0.2, 0.25) is 0 Å². The molecule has 2 aliphatic rings. The van der Waals surface area contributed by atoms with Gasteiger partial charge in [-0.1, -0.05) is 51.1 Å². The number of amidine groups is 1. The smallest absolute Gasteiger partial charge is 0.156 e. The van der Waals surface area contributed by atoms with Crippen LogP contribution in [-0.2, 0) is 18.3 Å². The molecule has 5 rings (SSSR count). The molecule has 0 spiro atoms. The lowest BCUT2D eigenvalue weighted by molar-refractivity contribution is 0.134. The monoisotopic (exact) mass is 488 g/mol. The Morgan fingerprint density at radius 3 is 2.57 bits per heavy atom. The number of hydrogen-bond donors (Lipinski definition) is 0. The minimum Gasteiger partial charge on any atom is -0.497 e. The van der Waals surface area contributed by atoms with Gasteiger partial charge in [0.05, 0.1) is 17.8 Å². The number of aromatic nitrogens is 1. The van der Waals surface area contributed by atoms with Crippen LogP contribution < -0.4 is 4.74 Å². The van der Waals surface area contributed by atoms with Gasteiger partial charge < -0.3 is 9.64 Å². The van der Waals surface area contributed by atoms with Crippen molar-refractivity contribution in [2.24, 2.45) is 4.99 Å². The molecule has 1 aromatic heterocycles. The molecule has 2 aromatic carbocycles. The van der Waals surface area contributed by atoms with E-state index in [2.05, 4.69) is 86.1 Å². The van der Waals surface area contributed by atoms with Crippen molar-refractivity contribution in [3.8, 4) is 5.75 Å². The molecule has 0 saturated carbocycles. The Bertz CT molecular complexity index is 1210. The van der Waals surface area contributed by atoms with Crippen molar-refractivity contribution in [2.75, 3.05) is 33.8 Å². The number of fused-ring (bicyclic) bond motifs is 2. The van der Waals surface area contributed by atoms with Gasteiger partial charge in [-0.05, 0) is 49.2 Å². The first-order valence-electron chi connectivity index (χ1n) is 12.6. The standard InChI is InChI=1S/C29H36N4OS/c1-29(2,3)28-31-26-25(35-28)18-21-8-6-7-9-24(21)30-27(26)33-17-16-32(4)22(19-33)13-10-20-11-14-23(34-5)15-12-20/h6-9,11-12,14-15,22H,10,13,16-19H2,1-5H3. The highest BCUT2D eigenvalue weighted by Crippen LogP contribution is 2.36. The summed E-state index contributed by atoms with van der Waals surface area (Å²) in [5, 5.41) is 1.19. The lowest BCUT2D eigenvalue weighted by atomic mass is 9.98. The van der Waals surface area contributed by atoms with Crippen LogP contribution in [0.2, 0.25) is 0 Å². The molecule has 1 atom stereocenters. The number of aliphatic imine (C=N–C) groups is 1. The molecule has 5 nitrogen and oxygen atoms in total. The molecule has 0 bridgehead atoms. The zero-order chi connectivity index (χ0) is 24.6. The highest BCUT2D eigenvalue weighted by atomic mass is 32.1. The van der Waals surface area contributed by atoms with Gasteiger partial charge in [-0.3, -0.25) is 4.90 Å². The minimum atomic E-state index is 0.0322. The lowest BCUT2D eigenvalue weighted by Gasteiger charge is -2.40. The minimum absolute atomic E-state index is 0.0322. The highest BCUT2D eigenvalue weighted by Gasteiger charge is 2.32. The van der Waals surface area contributed by atoms with E-state index < -0.39 is 0 Å². The number of methoxy groups -OCH3 is 1. The molecule has 2 aliphatic heterocycles. The van der Waals surface area contributed by atoms with Crippen LogP contribution in [0.1, 0.15) is 53.9 Å². The molecule has 3 heterocycles. The van der Waals surface area contributed by atoms with Crippen LogP contribution in [0.5, 0.6) is 5.75 Å². The number of hydrogen-bond acceptors (Lipinski definition) is 6. The Balaban J connectivity index is 1.42. The number of aryl methyl sites for hydroxylation is 1. The van der Waals surface area contributed by atoms with Gasteiger partial charge in [-0.2, -0.15) is 0 Å². The summed E-state index contributed by atoms with van der Waals surface area (Å²) in [6, 6.07) is 17.5. The average molecular weight is 489 g/mol. The lowest BCUT2D eigenvalue weighted by Crippen LogP contribution is -2.53. The molecule has 0 N–H and O–H groups in total. The Morgan fingerprint density at radius 1 is 1.06 bits per heavy atom. The third-order valence-electron chi connectivity index (χ3n) is 7.12. The van der Waals surface area contributed by atoms with Gasteiger partial charge in [0.15, 0.2) is 5.84 Å². The molecule has 35 heavy (non-hydrogen) atoms. The van der Waals surface area contributed by atoms with E-state index in [-0.39, 0.29) is 5.41 Å². The molecule has 1 saturated heterocycles. The largest absolute Gasteiger partial charge is 0.497 e. The summed E-state index contributed by atoms with van der Waals surface area (Å²) in [5.41, 5.74) is 4.85. The number of rotatable bonds is 4. The van der Waals surface area contributed by atoms with Crippen molar-refractivity contribution < 1.29 is 4.74 Å². The van der Waals surface area contributed by atoms with Gasteiger partial charge in [-0.15, -0.1) is 11.3 Å². The Hall–Kier alpha value is -2.70. The normalized spacial score (nSPS) is 18.5. The van der Waals surface area contributed by atoms with Crippen LogP contribution in [0.3, 0.4) is 0 Å². The van der Waals surface area contributed by atoms with Crippen LogP contribution in [-0.4, -0.2) is 60.5 Å². The second kappa shape index (κ2) is 9.75. The van der Waals surface area contributed by atoms with Crippen molar-refractivity contribution in [3.63, 3.8) is 0 Å². The van der Waals surface area contributed by atoms with Crippen LogP contribution >= 0.6 is 11.3 Å². The summed E-state index contributed by atoms with van der Waals surface area (Å²) >= 11 is 1.86. The fourth-order valence-corrected chi connectivity index (χ4v) is 6.01. The van der Waals surface area contributed by atoms with E-state index in [1.807, 2.05) is 11.3 Å². The molecule has 6 heteroatoms. The first-order chi connectivity index (χ1) is 16.8. The Labute approximate surface area is 213 Å². The van der Waals surface area contributed by atoms with Crippen LogP contribution in [0.25, 0.3) is 0 Å². The maximum Gasteiger partial charge on any atom is 0.156 e. The summed E-state index contributed by atoms with van der Waals surface area (Å²) in [7, 11) is 3.97. The summed E-state index contributed by atoms with van der Waals surface area (Å²) in [4.78, 5) is 16.8. The Kier molecular flexibility index (Phi) is 6.69. The van der Waals surface area contributed by atoms with Crippen LogP contribution in [0.4, 0.5) is 5.69 Å². The number of ether oxygens (including phenoxy) is 1. The second-order valence-corrected chi connectivity index (χ2v) is 11.8. The molecule has 0 radical (unpaired) electrons. The molecule has 0 amide bonds. The van der Waals surface area contributed by atoms with Crippen molar-refractivity contribution in [2.45, 2.75) is 51.5 Å². The quantitative estimate of drug-likeness (QED) is 0.474. The van der Waals surface area contributed by atoms with Gasteiger partial charge in [0, 0.05) is 42.4 Å². The first-order valence-corrected chi connectivity index (χ1v) is 13.4. The third-order valence-corrected chi connectivity index (χ3v) is 8.60. The molecular formula is C29H36N4OS. The maximum atomic E-state index is 5.32. The second-order valence-electron chi connectivity index (χ2n) is 10.7. The van der Waals surface area contributed by atoms with Gasteiger partial charge in [0.1, 0.15) is 11.4 Å². The molecule has 0 aliphatic carbocycles. The molecule has 3 aromatic rings. The predicted molar refractivity (Wildman–Crippen MR) is 146 cm³/mol. The van der Waals surface area contributed by atoms with Crippen LogP contribution in [0, 0.1) is 0 Å². The van der Waals surface area contributed by atoms with E-state index in [0.717, 1.165) is 61.9 Å². The van der Waals surface area contributed by atoms with Crippen molar-refractivity contribution >= 4 is 22.9 Å². The highest BCUT2D eigenvalue weighted by molar-refractivity contribution is 7.12. The topological polar surface area (TPSA) is 41.0 Å². The fourth-order valence-electron chi connectivity index (χ4n) is 4.87. The fraction of sp³-hybridized carbons (Fsp3) is 0.448. The molecule has 184 valence electrons. The summed E-state index contributed by atoms with van der Waals surface area (Å²) < 4.78 is 5.32. The average Bonchev–Trinajstić information content (AvgIpc) is 3.21. The molecular weight excluding hydrogens is 452 g/mol. The van der Waals surface area contributed by atoms with Crippen molar-refractivity contribution in [1.29, 1.82) is 0 Å². The van der Waals surface area contributed by atoms with Gasteiger partial charge in [-0.25, -0.2) is 9.98 Å². The number of nitrogens with zero attached hydrogens (tertiary/aromatic N) is 4. The van der Waals surface area contributed by atoms with E-state index in [1.165, 1.54) is 21.0 Å². The van der Waals surface area contributed by atoms with E-state index in [9.17, 15) is 0 Å². The number of thiazole rings is 1. The van der Waals surface area contributed by atoms with E-state index in [1.54, 1.807) is 7.11 Å². The number of likely N-dealkylation sites (N-methyl/N-ethyl adjacent to an activating group) is 1. The third kappa shape index (κ3) is 5.14. The summed E-state index contributed by atoms with van der Waals surface area (Å²) in [6.07, 6.45) is 3.07. The number of benzene rings is 2. The molecule has 1 fully saturated rings. The summed E-state index contributed by atoms with van der Waals surface area (Å²) in [6.45, 7) is 9.72. The zero-order valence-corrected chi connectivity index (χ0v) is 22.4. The van der Waals surface area contributed by atoms with Gasteiger partial charge >= 0.3 is 0 Å². The van der Waals surface area contributed by atoms with Gasteiger partial charge in [0.25, 0.3) is 0 Å². The van der Waals surface area contributed by atoms with E-state index >= 15 is 0 Å². The number of piperazine rings is 1. The van der Waals surface area contributed by atoms with E-state index in [0.29, 0.717) is 6.04 Å². The molecule has 1 unspecified atom stereocenters. The van der Waals surface area contributed by atoms with Crippen molar-refractivity contribution in [1.82, 2.24) is 14.8 Å². The number of para-hydroxylation sites is 1. The predicted octanol–water partition coefficient (Wildman–Crippen LogP) is 5.68. The Morgan fingerprint density at radius 2 is 1.83 bits per heavy atom. The SMILES string of the molecule is COc1ccc(CCC2CN(C3=Nc4ccccc4Cc4sc(C(C)(C)C)nc43)CCN2C)cc1.